The molecule has 1 aromatic heterocycles. The monoisotopic (exact) mass is 560 g/mol. The number of esters is 2. The van der Waals surface area contributed by atoms with Gasteiger partial charge < -0.3 is 24.1 Å². The highest BCUT2D eigenvalue weighted by molar-refractivity contribution is 5.95. The third kappa shape index (κ3) is 7.99. The van der Waals surface area contributed by atoms with Gasteiger partial charge in [0.25, 0.3) is 0 Å². The highest BCUT2D eigenvalue weighted by atomic mass is 16.6. The Morgan fingerprint density at radius 3 is 2.49 bits per heavy atom. The van der Waals surface area contributed by atoms with Crippen LogP contribution >= 0.6 is 0 Å². The van der Waals surface area contributed by atoms with E-state index in [1.165, 1.54) is 38.9 Å². The molecule has 8 nitrogen and oxygen atoms in total. The maximum Gasteiger partial charge on any atom is 0.338 e. The van der Waals surface area contributed by atoms with Crippen molar-refractivity contribution < 1.29 is 28.6 Å². The predicted molar refractivity (Wildman–Crippen MR) is 159 cm³/mol. The largest absolute Gasteiger partial charge is 0.496 e. The van der Waals surface area contributed by atoms with Gasteiger partial charge in [0.15, 0.2) is 0 Å². The molecule has 0 saturated heterocycles. The Labute approximate surface area is 241 Å². The number of benzene rings is 2. The van der Waals surface area contributed by atoms with Gasteiger partial charge in [0, 0.05) is 40.8 Å². The molecule has 1 fully saturated rings. The number of ether oxygens (including phenoxy) is 3. The van der Waals surface area contributed by atoms with Crippen molar-refractivity contribution >= 4 is 34.8 Å². The second-order valence-corrected chi connectivity index (χ2v) is 11.6. The molecule has 1 heterocycles. The molecule has 4 rings (SSSR count). The Balaban J connectivity index is 1.62. The summed E-state index contributed by atoms with van der Waals surface area (Å²) in [5, 5.41) is 4.04. The fourth-order valence-corrected chi connectivity index (χ4v) is 5.21. The Hall–Kier alpha value is -4.07. The molecule has 8 heteroatoms. The second kappa shape index (κ2) is 13.1. The van der Waals surface area contributed by atoms with Crippen LogP contribution in [0.25, 0.3) is 17.0 Å². The predicted octanol–water partition coefficient (Wildman–Crippen LogP) is 5.69. The molecule has 1 aliphatic rings. The van der Waals surface area contributed by atoms with E-state index in [9.17, 15) is 14.4 Å². The Bertz CT molecular complexity index is 1440. The number of rotatable bonds is 10. The summed E-state index contributed by atoms with van der Waals surface area (Å²) in [5.41, 5.74) is 3.31. The number of fused-ring (bicyclic) bond motifs is 1. The van der Waals surface area contributed by atoms with Crippen LogP contribution in [0.4, 0.5) is 0 Å². The number of nitrogens with one attached hydrogen (secondary N) is 1. The average molecular weight is 561 g/mol. The smallest absolute Gasteiger partial charge is 0.338 e. The van der Waals surface area contributed by atoms with Crippen LogP contribution in [-0.2, 0) is 32.0 Å². The highest BCUT2D eigenvalue weighted by Crippen LogP contribution is 2.29. The van der Waals surface area contributed by atoms with Gasteiger partial charge in [-0.15, -0.1) is 0 Å². The lowest BCUT2D eigenvalue weighted by atomic mass is 10.1. The average Bonchev–Trinajstić information content (AvgIpc) is 3.58. The first-order valence-corrected chi connectivity index (χ1v) is 14.1. The molecule has 0 aliphatic heterocycles. The van der Waals surface area contributed by atoms with Crippen molar-refractivity contribution in [3.8, 4) is 5.75 Å². The minimum absolute atomic E-state index is 0.0135. The Morgan fingerprint density at radius 2 is 1.80 bits per heavy atom. The van der Waals surface area contributed by atoms with E-state index < -0.39 is 17.5 Å². The van der Waals surface area contributed by atoms with Crippen LogP contribution in [0.3, 0.4) is 0 Å². The number of nitrogens with zero attached hydrogens (tertiary/aromatic N) is 1. The fourth-order valence-electron chi connectivity index (χ4n) is 5.21. The maximum absolute atomic E-state index is 12.7. The van der Waals surface area contributed by atoms with Crippen LogP contribution in [0.1, 0.15) is 73.5 Å². The van der Waals surface area contributed by atoms with Crippen LogP contribution in [-0.4, -0.2) is 48.8 Å². The molecular formula is C33H40N2O6. The van der Waals surface area contributed by atoms with Gasteiger partial charge in [-0.05, 0) is 69.4 Å². The minimum atomic E-state index is -0.605. The number of carbonyl (C=O) groups is 3. The van der Waals surface area contributed by atoms with Gasteiger partial charge in [0.1, 0.15) is 11.4 Å². The van der Waals surface area contributed by atoms with Crippen LogP contribution in [0.5, 0.6) is 5.75 Å². The number of amides is 1. The maximum atomic E-state index is 12.7. The third-order valence-corrected chi connectivity index (χ3v) is 7.27. The number of methoxy groups -OCH3 is 2. The number of aromatic nitrogens is 1. The van der Waals surface area contributed by atoms with E-state index in [-0.39, 0.29) is 12.3 Å². The Kier molecular flexibility index (Phi) is 9.53. The SMILES string of the molecule is COC(=O)C=Cc1cn(Cc2ccc(C(=O)OC(C)(C)C)cc2OC)c2cc(CC(=O)NCC3CCCC3)ccc12. The van der Waals surface area contributed by atoms with Gasteiger partial charge in [0.2, 0.25) is 5.91 Å². The first kappa shape index (κ1) is 29.9. The molecule has 1 N–H and O–H groups in total. The van der Waals surface area contributed by atoms with Gasteiger partial charge in [-0.2, -0.15) is 0 Å². The fraction of sp³-hybridized carbons (Fsp3) is 0.424. The zero-order chi connectivity index (χ0) is 29.6. The quantitative estimate of drug-likeness (QED) is 0.253. The van der Waals surface area contributed by atoms with E-state index in [1.807, 2.05) is 51.2 Å². The molecule has 0 bridgehead atoms. The van der Waals surface area contributed by atoms with Crippen molar-refractivity contribution in [1.29, 1.82) is 0 Å². The van der Waals surface area contributed by atoms with Crippen LogP contribution in [0.2, 0.25) is 0 Å². The molecule has 0 spiro atoms. The number of hydrogen-bond acceptors (Lipinski definition) is 6. The standard InChI is InChI=1S/C33H40N2O6/c1-33(2,3)41-32(38)24-11-12-26(29(18-24)39-4)21-35-20-25(13-15-31(37)40-5)27-14-10-23(16-28(27)35)17-30(36)34-19-22-8-6-7-9-22/h10-16,18,20,22H,6-9,17,19,21H2,1-5H3,(H,34,36). The summed E-state index contributed by atoms with van der Waals surface area (Å²) in [5.74, 6) is 0.295. The van der Waals surface area contributed by atoms with Crippen molar-refractivity contribution in [3.63, 3.8) is 0 Å². The highest BCUT2D eigenvalue weighted by Gasteiger charge is 2.20. The van der Waals surface area contributed by atoms with Gasteiger partial charge in [0.05, 0.1) is 32.7 Å². The summed E-state index contributed by atoms with van der Waals surface area (Å²) in [7, 11) is 2.91. The molecule has 2 aromatic carbocycles. The summed E-state index contributed by atoms with van der Waals surface area (Å²) in [4.78, 5) is 37.1. The zero-order valence-electron chi connectivity index (χ0n) is 24.6. The summed E-state index contributed by atoms with van der Waals surface area (Å²) >= 11 is 0. The molecule has 218 valence electrons. The molecule has 0 radical (unpaired) electrons. The van der Waals surface area contributed by atoms with Crippen LogP contribution in [0.15, 0.2) is 48.7 Å². The van der Waals surface area contributed by atoms with Crippen LogP contribution in [0, 0.1) is 5.92 Å². The molecule has 1 saturated carbocycles. The van der Waals surface area contributed by atoms with E-state index in [0.29, 0.717) is 23.8 Å². The molecule has 41 heavy (non-hydrogen) atoms. The first-order chi connectivity index (χ1) is 19.6. The molecule has 3 aromatic rings. The van der Waals surface area contributed by atoms with Crippen molar-refractivity contribution in [2.45, 2.75) is 65.0 Å². The summed E-state index contributed by atoms with van der Waals surface area (Å²) in [6, 6.07) is 11.2. The topological polar surface area (TPSA) is 95.9 Å². The van der Waals surface area contributed by atoms with Crippen molar-refractivity contribution in [1.82, 2.24) is 9.88 Å². The molecule has 1 aliphatic carbocycles. The van der Waals surface area contributed by atoms with Gasteiger partial charge in [-0.3, -0.25) is 4.79 Å². The normalized spacial score (nSPS) is 14.0. The zero-order valence-corrected chi connectivity index (χ0v) is 24.6. The molecular weight excluding hydrogens is 520 g/mol. The van der Waals surface area contributed by atoms with E-state index in [1.54, 1.807) is 25.3 Å². The number of carbonyl (C=O) groups excluding carboxylic acids is 3. The molecule has 0 atom stereocenters. The lowest BCUT2D eigenvalue weighted by Gasteiger charge is -2.20. The summed E-state index contributed by atoms with van der Waals surface area (Å²) in [6.07, 6.45) is 10.2. The Morgan fingerprint density at radius 1 is 1.05 bits per heavy atom. The van der Waals surface area contributed by atoms with Gasteiger partial charge >= 0.3 is 11.9 Å². The summed E-state index contributed by atoms with van der Waals surface area (Å²) < 4.78 is 18.0. The van der Waals surface area contributed by atoms with Crippen LogP contribution < -0.4 is 10.1 Å². The van der Waals surface area contributed by atoms with E-state index >= 15 is 0 Å². The van der Waals surface area contributed by atoms with E-state index in [2.05, 4.69) is 9.88 Å². The lowest BCUT2D eigenvalue weighted by molar-refractivity contribution is -0.134. The third-order valence-electron chi connectivity index (χ3n) is 7.27. The van der Waals surface area contributed by atoms with Crippen molar-refractivity contribution in [2.75, 3.05) is 20.8 Å². The van der Waals surface area contributed by atoms with E-state index in [4.69, 9.17) is 14.2 Å². The van der Waals surface area contributed by atoms with Gasteiger partial charge in [-0.25, -0.2) is 9.59 Å². The van der Waals surface area contributed by atoms with Gasteiger partial charge in [-0.1, -0.05) is 31.0 Å². The first-order valence-electron chi connectivity index (χ1n) is 14.1. The second-order valence-electron chi connectivity index (χ2n) is 11.6. The molecule has 1 amide bonds. The molecule has 0 unspecified atom stereocenters. The van der Waals surface area contributed by atoms with E-state index in [0.717, 1.165) is 34.1 Å². The minimum Gasteiger partial charge on any atom is -0.496 e. The summed E-state index contributed by atoms with van der Waals surface area (Å²) in [6.45, 7) is 6.66. The lowest BCUT2D eigenvalue weighted by Crippen LogP contribution is -2.29. The number of hydrogen-bond donors (Lipinski definition) is 1. The van der Waals surface area contributed by atoms with Crippen molar-refractivity contribution in [3.05, 3.63) is 70.9 Å². The van der Waals surface area contributed by atoms with Crippen molar-refractivity contribution in [2.24, 2.45) is 5.92 Å².